The van der Waals surface area contributed by atoms with E-state index in [2.05, 4.69) is 57.2 Å². The van der Waals surface area contributed by atoms with Gasteiger partial charge in [-0.3, -0.25) is 4.99 Å². The Morgan fingerprint density at radius 1 is 0.931 bits per heavy atom. The van der Waals surface area contributed by atoms with Crippen LogP contribution in [0.2, 0.25) is 0 Å². The molecule has 2 aromatic carbocycles. The first kappa shape index (κ1) is 18.9. The summed E-state index contributed by atoms with van der Waals surface area (Å²) in [6.45, 7) is 6.50. The largest absolute Gasteiger partial charge is 0.507 e. The van der Waals surface area contributed by atoms with Crippen LogP contribution < -0.4 is 0 Å². The van der Waals surface area contributed by atoms with Crippen LogP contribution in [0.5, 0.6) is 5.75 Å². The number of benzene rings is 2. The van der Waals surface area contributed by atoms with E-state index in [1.807, 2.05) is 12.3 Å². The van der Waals surface area contributed by atoms with Gasteiger partial charge >= 0.3 is 0 Å². The van der Waals surface area contributed by atoms with Crippen molar-refractivity contribution >= 4 is 6.21 Å². The molecular weight excluding hydrogens is 354 g/mol. The first-order valence-electron chi connectivity index (χ1n) is 11.3. The quantitative estimate of drug-likeness (QED) is 0.616. The van der Waals surface area contributed by atoms with E-state index in [1.54, 1.807) is 0 Å². The molecule has 4 aliphatic carbocycles. The maximum atomic E-state index is 11.2. The Labute approximate surface area is 175 Å². The predicted molar refractivity (Wildman–Crippen MR) is 120 cm³/mol. The van der Waals surface area contributed by atoms with Gasteiger partial charge in [0.15, 0.2) is 0 Å². The maximum Gasteiger partial charge on any atom is 0.128 e. The van der Waals surface area contributed by atoms with Crippen LogP contribution in [-0.4, -0.2) is 17.4 Å². The number of phenolic OH excluding ortho intramolecular Hbond substituents is 1. The van der Waals surface area contributed by atoms with Crippen molar-refractivity contribution in [3.8, 4) is 5.75 Å². The van der Waals surface area contributed by atoms with Crippen molar-refractivity contribution in [1.82, 2.24) is 0 Å². The first-order chi connectivity index (χ1) is 13.9. The molecule has 0 spiro atoms. The average Bonchev–Trinajstić information content (AvgIpc) is 2.69. The highest BCUT2D eigenvalue weighted by Crippen LogP contribution is 2.54. The standard InChI is InChI=1S/C27H33NO/c1-17-9-22(16-28-25-20-12-18-11-19(14-20)15-21(25)13-18)26(29)24(10-17)27(2,3)23-7-5-4-6-8-23/h4-10,16,18-21,25,29H,11-15H2,1-3H3. The Bertz CT molecular complexity index is 899. The first-order valence-corrected chi connectivity index (χ1v) is 11.3. The van der Waals surface area contributed by atoms with Gasteiger partial charge in [-0.05, 0) is 79.9 Å². The molecule has 0 aliphatic heterocycles. The highest BCUT2D eigenvalue weighted by atomic mass is 16.3. The summed E-state index contributed by atoms with van der Waals surface area (Å²) in [6, 6.07) is 15.1. The number of aryl methyl sites for hydroxylation is 1. The van der Waals surface area contributed by atoms with Crippen LogP contribution in [0.1, 0.15) is 68.2 Å². The summed E-state index contributed by atoms with van der Waals surface area (Å²) < 4.78 is 0. The van der Waals surface area contributed by atoms with Gasteiger partial charge in [0.2, 0.25) is 0 Å². The lowest BCUT2D eigenvalue weighted by atomic mass is 9.54. The zero-order valence-corrected chi connectivity index (χ0v) is 17.9. The van der Waals surface area contributed by atoms with E-state index in [-0.39, 0.29) is 5.41 Å². The van der Waals surface area contributed by atoms with Gasteiger partial charge in [0.1, 0.15) is 5.75 Å². The summed E-state index contributed by atoms with van der Waals surface area (Å²) in [7, 11) is 0. The fourth-order valence-electron chi connectivity index (χ4n) is 6.70. The third-order valence-corrected chi connectivity index (χ3v) is 8.02. The van der Waals surface area contributed by atoms with Crippen LogP contribution in [-0.2, 0) is 5.41 Å². The van der Waals surface area contributed by atoms with Crippen molar-refractivity contribution in [2.75, 3.05) is 0 Å². The Morgan fingerprint density at radius 2 is 1.55 bits per heavy atom. The lowest BCUT2D eigenvalue weighted by Crippen LogP contribution is -2.47. The van der Waals surface area contributed by atoms with Crippen LogP contribution >= 0.6 is 0 Å². The lowest BCUT2D eigenvalue weighted by Gasteiger charge is -2.53. The van der Waals surface area contributed by atoms with E-state index in [0.717, 1.165) is 34.8 Å². The fourth-order valence-corrected chi connectivity index (χ4v) is 6.70. The molecule has 4 saturated carbocycles. The van der Waals surface area contributed by atoms with Crippen LogP contribution in [0.3, 0.4) is 0 Å². The number of aliphatic imine (C=N–C) groups is 1. The third kappa shape index (κ3) is 3.31. The fraction of sp³-hybridized carbons (Fsp3) is 0.519. The number of phenols is 1. The second-order valence-electron chi connectivity index (χ2n) is 10.4. The molecule has 6 rings (SSSR count). The summed E-state index contributed by atoms with van der Waals surface area (Å²) >= 11 is 0. The van der Waals surface area contributed by atoms with Gasteiger partial charge in [0.25, 0.3) is 0 Å². The predicted octanol–water partition coefficient (Wildman–Crippen LogP) is 6.27. The minimum atomic E-state index is -0.261. The normalized spacial score (nSPS) is 30.9. The van der Waals surface area contributed by atoms with E-state index in [0.29, 0.717) is 11.8 Å². The number of rotatable bonds is 4. The Morgan fingerprint density at radius 3 is 2.17 bits per heavy atom. The molecule has 29 heavy (non-hydrogen) atoms. The van der Waals surface area contributed by atoms with Crippen molar-refractivity contribution < 1.29 is 5.11 Å². The topological polar surface area (TPSA) is 32.6 Å². The molecule has 4 aliphatic rings. The zero-order chi connectivity index (χ0) is 20.2. The number of hydrogen-bond donors (Lipinski definition) is 1. The number of nitrogens with zero attached hydrogens (tertiary/aromatic N) is 1. The SMILES string of the molecule is Cc1cc(C=NC2C3CC4CC(C3)CC2C4)c(O)c(C(C)(C)c2ccccc2)c1. The lowest BCUT2D eigenvalue weighted by molar-refractivity contribution is 0.00146. The monoisotopic (exact) mass is 387 g/mol. The molecule has 0 amide bonds. The molecule has 0 radical (unpaired) electrons. The maximum absolute atomic E-state index is 11.2. The molecule has 0 saturated heterocycles. The summed E-state index contributed by atoms with van der Waals surface area (Å²) in [4.78, 5) is 5.11. The smallest absolute Gasteiger partial charge is 0.128 e. The van der Waals surface area contributed by atoms with Crippen molar-refractivity contribution in [2.45, 2.75) is 64.3 Å². The minimum Gasteiger partial charge on any atom is -0.507 e. The Kier molecular flexibility index (Phi) is 4.57. The molecule has 152 valence electrons. The third-order valence-electron chi connectivity index (χ3n) is 8.02. The molecule has 4 fully saturated rings. The minimum absolute atomic E-state index is 0.261. The van der Waals surface area contributed by atoms with Crippen molar-refractivity contribution in [3.63, 3.8) is 0 Å². The molecular formula is C27H33NO. The van der Waals surface area contributed by atoms with Gasteiger partial charge in [-0.15, -0.1) is 0 Å². The molecule has 0 atom stereocenters. The van der Waals surface area contributed by atoms with Crippen molar-refractivity contribution in [2.24, 2.45) is 28.7 Å². The second kappa shape index (κ2) is 7.00. The highest BCUT2D eigenvalue weighted by molar-refractivity contribution is 5.85. The average molecular weight is 388 g/mol. The zero-order valence-electron chi connectivity index (χ0n) is 17.9. The van der Waals surface area contributed by atoms with Crippen molar-refractivity contribution in [3.05, 3.63) is 64.7 Å². The van der Waals surface area contributed by atoms with E-state index in [9.17, 15) is 5.11 Å². The molecule has 2 heteroatoms. The van der Waals surface area contributed by atoms with Gasteiger partial charge in [-0.1, -0.05) is 50.2 Å². The van der Waals surface area contributed by atoms with Gasteiger partial charge in [0, 0.05) is 22.8 Å². The van der Waals surface area contributed by atoms with E-state index < -0.39 is 0 Å². The van der Waals surface area contributed by atoms with Gasteiger partial charge in [-0.25, -0.2) is 0 Å². The number of hydrogen-bond acceptors (Lipinski definition) is 2. The highest BCUT2D eigenvalue weighted by Gasteiger charge is 2.48. The Balaban J connectivity index is 1.46. The van der Waals surface area contributed by atoms with E-state index in [1.165, 1.54) is 43.2 Å². The summed E-state index contributed by atoms with van der Waals surface area (Å²) in [5.74, 6) is 3.87. The molecule has 4 bridgehead atoms. The molecule has 2 aromatic rings. The van der Waals surface area contributed by atoms with Gasteiger partial charge < -0.3 is 5.11 Å². The van der Waals surface area contributed by atoms with Crippen LogP contribution in [0.25, 0.3) is 0 Å². The van der Waals surface area contributed by atoms with Crippen LogP contribution in [0.15, 0.2) is 47.5 Å². The summed E-state index contributed by atoms with van der Waals surface area (Å²) in [5.41, 5.74) is 3.98. The second-order valence-corrected chi connectivity index (χ2v) is 10.4. The van der Waals surface area contributed by atoms with Crippen molar-refractivity contribution in [1.29, 1.82) is 0 Å². The van der Waals surface area contributed by atoms with E-state index in [4.69, 9.17) is 4.99 Å². The molecule has 0 aromatic heterocycles. The Hall–Kier alpha value is -2.09. The summed E-state index contributed by atoms with van der Waals surface area (Å²) in [6.07, 6.45) is 8.96. The molecule has 0 heterocycles. The van der Waals surface area contributed by atoms with E-state index >= 15 is 0 Å². The molecule has 2 nitrogen and oxygen atoms in total. The van der Waals surface area contributed by atoms with Crippen LogP contribution in [0.4, 0.5) is 0 Å². The van der Waals surface area contributed by atoms with Crippen LogP contribution in [0, 0.1) is 30.6 Å². The molecule has 0 unspecified atom stereocenters. The number of aromatic hydroxyl groups is 1. The summed E-state index contributed by atoms with van der Waals surface area (Å²) in [5, 5.41) is 11.2. The van der Waals surface area contributed by atoms with Gasteiger partial charge in [-0.2, -0.15) is 0 Å². The van der Waals surface area contributed by atoms with Gasteiger partial charge in [0.05, 0.1) is 6.04 Å². The molecule has 1 N–H and O–H groups in total.